The Balaban J connectivity index is 0.000000255. The predicted octanol–water partition coefficient (Wildman–Crippen LogP) is 0.917. The third-order valence-electron chi connectivity index (χ3n) is 1.33. The van der Waals surface area contributed by atoms with Crippen molar-refractivity contribution in [1.29, 1.82) is 0 Å². The summed E-state index contributed by atoms with van der Waals surface area (Å²) < 4.78 is 0. The summed E-state index contributed by atoms with van der Waals surface area (Å²) >= 11 is 0. The van der Waals surface area contributed by atoms with Crippen molar-refractivity contribution in [1.82, 2.24) is 0 Å². The van der Waals surface area contributed by atoms with Gasteiger partial charge in [0.25, 0.3) is 0 Å². The number of hydrogen-bond acceptors (Lipinski definition) is 3. The molecule has 0 saturated carbocycles. The maximum absolute atomic E-state index is 10.0. The molecule has 0 fully saturated rings. The van der Waals surface area contributed by atoms with Crippen molar-refractivity contribution in [3.8, 4) is 0 Å². The van der Waals surface area contributed by atoms with E-state index in [4.69, 9.17) is 10.8 Å². The van der Waals surface area contributed by atoms with Gasteiger partial charge in [-0.05, 0) is 6.92 Å². The molecule has 1 aromatic carbocycles. The number of rotatable bonds is 2. The van der Waals surface area contributed by atoms with Crippen molar-refractivity contribution in [2.75, 3.05) is 0 Å². The van der Waals surface area contributed by atoms with E-state index in [0.29, 0.717) is 0 Å². The fourth-order valence-corrected chi connectivity index (χ4v) is 0.532. The molecule has 0 aromatic heterocycles. The van der Waals surface area contributed by atoms with Crippen LogP contribution in [-0.2, 0) is 4.79 Å². The van der Waals surface area contributed by atoms with Gasteiger partial charge in [0.15, 0.2) is 0 Å². The van der Waals surface area contributed by atoms with Crippen LogP contribution in [0.15, 0.2) is 30.3 Å². The van der Waals surface area contributed by atoms with Crippen LogP contribution in [0.2, 0.25) is 0 Å². The first-order valence-corrected chi connectivity index (χ1v) is 4.06. The van der Waals surface area contributed by atoms with Gasteiger partial charge in [-0.1, -0.05) is 30.3 Å². The Morgan fingerprint density at radius 1 is 1.43 bits per heavy atom. The Kier molecular flexibility index (Phi) is 5.98. The molecule has 1 aromatic rings. The van der Waals surface area contributed by atoms with Gasteiger partial charge in [-0.2, -0.15) is 0 Å². The molecule has 0 aliphatic carbocycles. The Morgan fingerprint density at radius 3 is 2.07 bits per heavy atom. The van der Waals surface area contributed by atoms with E-state index in [1.807, 2.05) is 18.2 Å². The molecule has 4 heteroatoms. The molecular weight excluding hydrogens is 182 g/mol. The Hall–Kier alpha value is -1.68. The van der Waals surface area contributed by atoms with Gasteiger partial charge in [0.2, 0.25) is 0 Å². The monoisotopic (exact) mass is 195 g/mol. The predicted molar refractivity (Wildman–Crippen MR) is 53.1 cm³/mol. The van der Waals surface area contributed by atoms with Crippen molar-refractivity contribution in [2.45, 2.75) is 13.0 Å². The smallest absolute Gasteiger partial charge is 0.320 e. The molecule has 3 N–H and O–H groups in total. The number of carboxylic acid groups (broad SMARTS) is 1. The van der Waals surface area contributed by atoms with Crippen LogP contribution in [0.1, 0.15) is 17.3 Å². The van der Waals surface area contributed by atoms with Gasteiger partial charge in [0, 0.05) is 5.56 Å². The quantitative estimate of drug-likeness (QED) is 0.687. The first kappa shape index (κ1) is 12.3. The number of carboxylic acids is 1. The summed E-state index contributed by atoms with van der Waals surface area (Å²) in [4.78, 5) is 19.6. The number of aldehydes is 1. The molecule has 14 heavy (non-hydrogen) atoms. The molecule has 4 nitrogen and oxygen atoms in total. The van der Waals surface area contributed by atoms with Crippen LogP contribution in [-0.4, -0.2) is 23.4 Å². The zero-order chi connectivity index (χ0) is 11.0. The second-order valence-corrected chi connectivity index (χ2v) is 2.66. The highest BCUT2D eigenvalue weighted by molar-refractivity contribution is 5.74. The molecule has 0 amide bonds. The highest BCUT2D eigenvalue weighted by Gasteiger charge is 1.99. The van der Waals surface area contributed by atoms with E-state index in [9.17, 15) is 9.59 Å². The summed E-state index contributed by atoms with van der Waals surface area (Å²) in [6.07, 6.45) is 0.833. The molecule has 0 bridgehead atoms. The fourth-order valence-electron chi connectivity index (χ4n) is 0.532. The average Bonchev–Trinajstić information content (AvgIpc) is 2.20. The molecule has 0 aliphatic heterocycles. The Bertz CT molecular complexity index is 283. The minimum Gasteiger partial charge on any atom is -0.480 e. The van der Waals surface area contributed by atoms with Gasteiger partial charge in [0.1, 0.15) is 12.3 Å². The lowest BCUT2D eigenvalue weighted by molar-refractivity contribution is -0.138. The van der Waals surface area contributed by atoms with Crippen molar-refractivity contribution < 1.29 is 14.7 Å². The molecular formula is C10H13NO3. The number of carbonyl (C=O) groups excluding carboxylic acids is 1. The van der Waals surface area contributed by atoms with Crippen LogP contribution in [0.4, 0.5) is 0 Å². The lowest BCUT2D eigenvalue weighted by Crippen LogP contribution is -2.25. The summed E-state index contributed by atoms with van der Waals surface area (Å²) in [5, 5.41) is 7.87. The first-order chi connectivity index (χ1) is 6.57. The zero-order valence-corrected chi connectivity index (χ0v) is 7.88. The van der Waals surface area contributed by atoms with Gasteiger partial charge in [0.05, 0.1) is 0 Å². The number of carbonyl (C=O) groups is 2. The van der Waals surface area contributed by atoms with Gasteiger partial charge in [-0.3, -0.25) is 9.59 Å². The largest absolute Gasteiger partial charge is 0.480 e. The zero-order valence-electron chi connectivity index (χ0n) is 7.88. The maximum atomic E-state index is 10.0. The lowest BCUT2D eigenvalue weighted by Gasteiger charge is -1.90. The molecule has 0 aliphatic rings. The van der Waals surface area contributed by atoms with E-state index in [2.05, 4.69) is 0 Å². The van der Waals surface area contributed by atoms with E-state index in [1.54, 1.807) is 12.1 Å². The summed E-state index contributed by atoms with van der Waals surface area (Å²) in [5.74, 6) is -0.963. The standard InChI is InChI=1S/C7H6O.C3H7NO2/c8-6-7-4-2-1-3-5-7;1-2(4)3(5)6/h1-6H;2H,4H2,1H3,(H,5,6). The SMILES string of the molecule is CC(N)C(=O)O.O=Cc1ccccc1. The molecule has 0 radical (unpaired) electrons. The molecule has 0 heterocycles. The second-order valence-electron chi connectivity index (χ2n) is 2.66. The molecule has 1 rings (SSSR count). The molecule has 0 spiro atoms. The molecule has 76 valence electrons. The van der Waals surface area contributed by atoms with Gasteiger partial charge in [-0.25, -0.2) is 0 Å². The lowest BCUT2D eigenvalue weighted by atomic mass is 10.2. The van der Waals surface area contributed by atoms with Crippen molar-refractivity contribution in [3.63, 3.8) is 0 Å². The number of nitrogens with two attached hydrogens (primary N) is 1. The van der Waals surface area contributed by atoms with Crippen molar-refractivity contribution in [3.05, 3.63) is 35.9 Å². The van der Waals surface area contributed by atoms with Gasteiger partial charge >= 0.3 is 5.97 Å². The summed E-state index contributed by atoms with van der Waals surface area (Å²) in [7, 11) is 0. The molecule has 1 unspecified atom stereocenters. The minimum absolute atomic E-state index is 0.729. The number of benzene rings is 1. The summed E-state index contributed by atoms with van der Waals surface area (Å²) in [6.45, 7) is 1.42. The van der Waals surface area contributed by atoms with Crippen LogP contribution in [0.5, 0.6) is 0 Å². The van der Waals surface area contributed by atoms with Crippen LogP contribution >= 0.6 is 0 Å². The maximum Gasteiger partial charge on any atom is 0.320 e. The topological polar surface area (TPSA) is 80.4 Å². The van der Waals surface area contributed by atoms with E-state index in [-0.39, 0.29) is 0 Å². The van der Waals surface area contributed by atoms with E-state index < -0.39 is 12.0 Å². The molecule has 1 atom stereocenters. The van der Waals surface area contributed by atoms with Crippen LogP contribution in [0.25, 0.3) is 0 Å². The van der Waals surface area contributed by atoms with Gasteiger partial charge in [-0.15, -0.1) is 0 Å². The third kappa shape index (κ3) is 5.91. The minimum atomic E-state index is -0.963. The Morgan fingerprint density at radius 2 is 1.86 bits per heavy atom. The van der Waals surface area contributed by atoms with Gasteiger partial charge < -0.3 is 10.8 Å². The van der Waals surface area contributed by atoms with Crippen LogP contribution < -0.4 is 5.73 Å². The Labute approximate surface area is 82.4 Å². The van der Waals surface area contributed by atoms with Crippen molar-refractivity contribution >= 4 is 12.3 Å². The van der Waals surface area contributed by atoms with Crippen LogP contribution in [0, 0.1) is 0 Å². The van der Waals surface area contributed by atoms with Crippen molar-refractivity contribution in [2.24, 2.45) is 5.73 Å². The summed E-state index contributed by atoms with van der Waals surface area (Å²) in [6, 6.07) is 8.37. The summed E-state index contributed by atoms with van der Waals surface area (Å²) in [5.41, 5.74) is 5.56. The number of aliphatic carboxylic acids is 1. The normalized spacial score (nSPS) is 10.7. The third-order valence-corrected chi connectivity index (χ3v) is 1.33. The number of hydrogen-bond donors (Lipinski definition) is 2. The van der Waals surface area contributed by atoms with E-state index in [0.717, 1.165) is 11.8 Å². The van der Waals surface area contributed by atoms with E-state index in [1.165, 1.54) is 6.92 Å². The van der Waals surface area contributed by atoms with Crippen LogP contribution in [0.3, 0.4) is 0 Å². The average molecular weight is 195 g/mol. The highest BCUT2D eigenvalue weighted by Crippen LogP contribution is 1.91. The fraction of sp³-hybridized carbons (Fsp3) is 0.200. The molecule has 0 saturated heterocycles. The highest BCUT2D eigenvalue weighted by atomic mass is 16.4. The van der Waals surface area contributed by atoms with E-state index >= 15 is 0 Å². The second kappa shape index (κ2) is 6.80. The first-order valence-electron chi connectivity index (χ1n) is 4.06.